The zero-order valence-corrected chi connectivity index (χ0v) is 13.6. The lowest BCUT2D eigenvalue weighted by atomic mass is 10.2. The van der Waals surface area contributed by atoms with E-state index in [9.17, 15) is 4.79 Å². The van der Waals surface area contributed by atoms with Crippen molar-refractivity contribution in [3.63, 3.8) is 0 Å². The molecule has 116 valence electrons. The molecular formula is C16H24N2O2S. The minimum atomic E-state index is -0.213. The van der Waals surface area contributed by atoms with Crippen LogP contribution >= 0.6 is 12.2 Å². The highest BCUT2D eigenvalue weighted by Crippen LogP contribution is 2.13. The molecule has 2 N–H and O–H groups in total. The van der Waals surface area contributed by atoms with Gasteiger partial charge in [-0.25, -0.2) is 0 Å². The van der Waals surface area contributed by atoms with E-state index in [-0.39, 0.29) is 5.91 Å². The predicted octanol–water partition coefficient (Wildman–Crippen LogP) is 3.27. The molecule has 21 heavy (non-hydrogen) atoms. The summed E-state index contributed by atoms with van der Waals surface area (Å²) in [6.07, 6.45) is 4.72. The van der Waals surface area contributed by atoms with E-state index in [0.717, 1.165) is 18.8 Å². The van der Waals surface area contributed by atoms with Gasteiger partial charge in [-0.2, -0.15) is 0 Å². The Balaban J connectivity index is 2.39. The summed E-state index contributed by atoms with van der Waals surface area (Å²) < 4.78 is 5.64. The summed E-state index contributed by atoms with van der Waals surface area (Å²) in [4.78, 5) is 11.9. The Morgan fingerprint density at radius 3 is 2.48 bits per heavy atom. The van der Waals surface area contributed by atoms with E-state index in [0.29, 0.717) is 17.2 Å². The fraction of sp³-hybridized carbons (Fsp3) is 0.500. The number of hydrogen-bond donors (Lipinski definition) is 2. The molecule has 0 spiro atoms. The monoisotopic (exact) mass is 308 g/mol. The van der Waals surface area contributed by atoms with Gasteiger partial charge in [0.05, 0.1) is 6.61 Å². The van der Waals surface area contributed by atoms with Crippen molar-refractivity contribution in [3.8, 4) is 5.75 Å². The molecule has 0 heterocycles. The second kappa shape index (κ2) is 10.2. The smallest absolute Gasteiger partial charge is 0.257 e. The van der Waals surface area contributed by atoms with E-state index >= 15 is 0 Å². The third-order valence-electron chi connectivity index (χ3n) is 2.95. The maximum Gasteiger partial charge on any atom is 0.257 e. The minimum absolute atomic E-state index is 0.213. The van der Waals surface area contributed by atoms with E-state index < -0.39 is 0 Å². The fourth-order valence-corrected chi connectivity index (χ4v) is 2.04. The number of carbonyl (C=O) groups is 1. The molecule has 0 aliphatic carbocycles. The summed E-state index contributed by atoms with van der Waals surface area (Å²) in [5, 5.41) is 5.85. The number of carbonyl (C=O) groups excluding carboxylic acids is 1. The van der Waals surface area contributed by atoms with Crippen molar-refractivity contribution >= 4 is 23.2 Å². The Morgan fingerprint density at radius 1 is 1.14 bits per heavy atom. The molecule has 0 radical (unpaired) electrons. The normalized spacial score (nSPS) is 10.0. The van der Waals surface area contributed by atoms with Gasteiger partial charge in [0.1, 0.15) is 5.75 Å². The minimum Gasteiger partial charge on any atom is -0.494 e. The van der Waals surface area contributed by atoms with Gasteiger partial charge in [-0.15, -0.1) is 0 Å². The van der Waals surface area contributed by atoms with Crippen LogP contribution in [-0.4, -0.2) is 24.2 Å². The van der Waals surface area contributed by atoms with Crippen molar-refractivity contribution in [1.82, 2.24) is 10.6 Å². The predicted molar refractivity (Wildman–Crippen MR) is 89.8 cm³/mol. The molecular weight excluding hydrogens is 284 g/mol. The third kappa shape index (κ3) is 7.09. The zero-order chi connectivity index (χ0) is 15.5. The first-order valence-corrected chi connectivity index (χ1v) is 7.90. The van der Waals surface area contributed by atoms with Gasteiger partial charge < -0.3 is 10.1 Å². The second-order valence-electron chi connectivity index (χ2n) is 4.75. The topological polar surface area (TPSA) is 50.4 Å². The van der Waals surface area contributed by atoms with E-state index in [1.807, 2.05) is 19.1 Å². The van der Waals surface area contributed by atoms with Crippen LogP contribution in [0.2, 0.25) is 0 Å². The molecule has 0 aromatic heterocycles. The van der Waals surface area contributed by atoms with Crippen LogP contribution in [0.3, 0.4) is 0 Å². The van der Waals surface area contributed by atoms with E-state index in [1.165, 1.54) is 19.3 Å². The average molecular weight is 308 g/mol. The Bertz CT molecular complexity index is 446. The van der Waals surface area contributed by atoms with Gasteiger partial charge >= 0.3 is 0 Å². The summed E-state index contributed by atoms with van der Waals surface area (Å²) in [7, 11) is 0. The van der Waals surface area contributed by atoms with Crippen molar-refractivity contribution < 1.29 is 9.53 Å². The molecule has 0 aliphatic rings. The number of hydrogen-bond acceptors (Lipinski definition) is 3. The van der Waals surface area contributed by atoms with Gasteiger partial charge in [0.25, 0.3) is 5.91 Å². The van der Waals surface area contributed by atoms with Crippen LogP contribution in [0.1, 0.15) is 49.9 Å². The van der Waals surface area contributed by atoms with E-state index in [4.69, 9.17) is 17.0 Å². The van der Waals surface area contributed by atoms with Gasteiger partial charge in [-0.1, -0.05) is 26.2 Å². The molecule has 4 nitrogen and oxygen atoms in total. The highest BCUT2D eigenvalue weighted by Gasteiger charge is 2.07. The van der Waals surface area contributed by atoms with Crippen LogP contribution < -0.4 is 15.4 Å². The van der Waals surface area contributed by atoms with Crippen molar-refractivity contribution in [2.24, 2.45) is 0 Å². The first-order chi connectivity index (χ1) is 10.2. The summed E-state index contributed by atoms with van der Waals surface area (Å²) >= 11 is 4.98. The molecule has 0 saturated carbocycles. The number of nitrogens with one attached hydrogen (secondary N) is 2. The maximum atomic E-state index is 11.9. The van der Waals surface area contributed by atoms with Crippen LogP contribution in [0.15, 0.2) is 24.3 Å². The lowest BCUT2D eigenvalue weighted by Gasteiger charge is -2.09. The summed E-state index contributed by atoms with van der Waals surface area (Å²) in [6.45, 7) is 5.51. The standard InChI is InChI=1S/C16H24N2O2S/c1-3-5-6-7-12-20-14-10-8-13(9-11-14)15(19)18-16(21)17-4-2/h8-11H,3-7,12H2,1-2H3,(H2,17,18,19,21). The SMILES string of the molecule is CCCCCCOc1ccc(C(=O)NC(=S)NCC)cc1. The highest BCUT2D eigenvalue weighted by molar-refractivity contribution is 7.80. The van der Waals surface area contributed by atoms with Crippen LogP contribution in [-0.2, 0) is 0 Å². The fourth-order valence-electron chi connectivity index (χ4n) is 1.80. The largest absolute Gasteiger partial charge is 0.494 e. The molecule has 0 unspecified atom stereocenters. The molecule has 0 saturated heterocycles. The number of amides is 1. The Hall–Kier alpha value is -1.62. The number of thiocarbonyl (C=S) groups is 1. The highest BCUT2D eigenvalue weighted by atomic mass is 32.1. The Labute approximate surface area is 132 Å². The van der Waals surface area contributed by atoms with Gasteiger partial charge in [0, 0.05) is 12.1 Å². The van der Waals surface area contributed by atoms with Gasteiger partial charge in [0.15, 0.2) is 5.11 Å². The Kier molecular flexibility index (Phi) is 8.43. The van der Waals surface area contributed by atoms with Gasteiger partial charge in [-0.3, -0.25) is 10.1 Å². The zero-order valence-electron chi connectivity index (χ0n) is 12.8. The van der Waals surface area contributed by atoms with Gasteiger partial charge in [-0.05, 0) is 49.8 Å². The van der Waals surface area contributed by atoms with Crippen molar-refractivity contribution in [2.45, 2.75) is 39.5 Å². The first-order valence-electron chi connectivity index (χ1n) is 7.49. The molecule has 1 aromatic rings. The molecule has 0 bridgehead atoms. The molecule has 0 aliphatic heterocycles. The summed E-state index contributed by atoms with van der Waals surface area (Å²) in [5.74, 6) is 0.577. The number of rotatable bonds is 8. The quantitative estimate of drug-likeness (QED) is 0.572. The average Bonchev–Trinajstić information content (AvgIpc) is 2.48. The molecule has 0 atom stereocenters. The van der Waals surface area contributed by atoms with E-state index in [2.05, 4.69) is 17.6 Å². The lowest BCUT2D eigenvalue weighted by molar-refractivity contribution is 0.0976. The number of benzene rings is 1. The summed E-state index contributed by atoms with van der Waals surface area (Å²) in [6, 6.07) is 7.10. The van der Waals surface area contributed by atoms with Crippen LogP contribution in [0.5, 0.6) is 5.75 Å². The maximum absolute atomic E-state index is 11.9. The Morgan fingerprint density at radius 2 is 1.86 bits per heavy atom. The van der Waals surface area contributed by atoms with E-state index in [1.54, 1.807) is 12.1 Å². The lowest BCUT2D eigenvalue weighted by Crippen LogP contribution is -2.38. The van der Waals surface area contributed by atoms with Crippen molar-refractivity contribution in [2.75, 3.05) is 13.2 Å². The third-order valence-corrected chi connectivity index (χ3v) is 3.19. The molecule has 1 amide bonds. The van der Waals surface area contributed by atoms with Crippen LogP contribution in [0.25, 0.3) is 0 Å². The molecule has 5 heteroatoms. The van der Waals surface area contributed by atoms with Crippen molar-refractivity contribution in [1.29, 1.82) is 0 Å². The first kappa shape index (κ1) is 17.4. The van der Waals surface area contributed by atoms with Crippen LogP contribution in [0.4, 0.5) is 0 Å². The number of unbranched alkanes of at least 4 members (excludes halogenated alkanes) is 3. The summed E-state index contributed by atoms with van der Waals surface area (Å²) in [5.41, 5.74) is 0.564. The van der Waals surface area contributed by atoms with Gasteiger partial charge in [0.2, 0.25) is 0 Å². The second-order valence-corrected chi connectivity index (χ2v) is 5.16. The molecule has 1 rings (SSSR count). The molecule has 0 fully saturated rings. The molecule has 1 aromatic carbocycles. The van der Waals surface area contributed by atoms with Crippen molar-refractivity contribution in [3.05, 3.63) is 29.8 Å². The van der Waals surface area contributed by atoms with Crippen LogP contribution in [0, 0.1) is 0 Å². The number of ether oxygens (including phenoxy) is 1.